The number of fused-ring (bicyclic) bond motifs is 1. The predicted molar refractivity (Wildman–Crippen MR) is 101 cm³/mol. The van der Waals surface area contributed by atoms with Gasteiger partial charge in [-0.15, -0.1) is 0 Å². The molecule has 0 unspecified atom stereocenters. The number of benzene rings is 1. The van der Waals surface area contributed by atoms with Gasteiger partial charge in [-0.2, -0.15) is 5.10 Å². The number of amides is 2. The third-order valence-electron chi connectivity index (χ3n) is 5.09. The second-order valence-corrected chi connectivity index (χ2v) is 7.07. The number of anilines is 2. The Morgan fingerprint density at radius 3 is 2.78 bits per heavy atom. The van der Waals surface area contributed by atoms with Gasteiger partial charge in [0.25, 0.3) is 0 Å². The van der Waals surface area contributed by atoms with Crippen LogP contribution in [0.1, 0.15) is 37.9 Å². The summed E-state index contributed by atoms with van der Waals surface area (Å²) in [7, 11) is 0. The van der Waals surface area contributed by atoms with Gasteiger partial charge in [0.15, 0.2) is 0 Å². The van der Waals surface area contributed by atoms with Gasteiger partial charge in [-0.25, -0.2) is 9.48 Å². The quantitative estimate of drug-likeness (QED) is 0.885. The molecule has 0 atom stereocenters. The molecule has 4 rings (SSSR count). The Morgan fingerprint density at radius 2 is 1.96 bits per heavy atom. The average molecular weight is 369 g/mol. The lowest BCUT2D eigenvalue weighted by Crippen LogP contribution is -2.30. The molecule has 2 amide bonds. The molecule has 3 heterocycles. The summed E-state index contributed by atoms with van der Waals surface area (Å²) in [4.78, 5) is 38.5. The molecule has 0 bridgehead atoms. The van der Waals surface area contributed by atoms with E-state index in [9.17, 15) is 14.4 Å². The number of nitrogens with zero attached hydrogens (tertiary/aromatic N) is 4. The monoisotopic (exact) mass is 369 g/mol. The third-order valence-corrected chi connectivity index (χ3v) is 5.09. The number of aryl methyl sites for hydroxylation is 1. The molecule has 0 spiro atoms. The molecule has 8 heteroatoms. The van der Waals surface area contributed by atoms with E-state index in [1.54, 1.807) is 21.6 Å². The van der Waals surface area contributed by atoms with Gasteiger partial charge in [0.05, 0.1) is 0 Å². The van der Waals surface area contributed by atoms with Crippen LogP contribution >= 0.6 is 0 Å². The van der Waals surface area contributed by atoms with Crippen molar-refractivity contribution in [1.82, 2.24) is 14.3 Å². The minimum absolute atomic E-state index is 0.101. The van der Waals surface area contributed by atoms with E-state index in [0.29, 0.717) is 25.2 Å². The Labute approximate surface area is 156 Å². The third kappa shape index (κ3) is 3.65. The Kier molecular flexibility index (Phi) is 4.79. The average Bonchev–Trinajstić information content (AvgIpc) is 3.10. The number of carbonyl (C=O) groups is 2. The molecule has 1 N–H and O–H groups in total. The minimum Gasteiger partial charge on any atom is -0.324 e. The topological polar surface area (TPSA) is 89.2 Å². The van der Waals surface area contributed by atoms with Gasteiger partial charge in [-0.05, 0) is 37.5 Å². The van der Waals surface area contributed by atoms with Gasteiger partial charge < -0.3 is 10.2 Å². The molecule has 0 radical (unpaired) electrons. The van der Waals surface area contributed by atoms with Crippen molar-refractivity contribution in [3.8, 4) is 0 Å². The molecule has 0 saturated carbocycles. The van der Waals surface area contributed by atoms with E-state index in [1.165, 1.54) is 4.68 Å². The van der Waals surface area contributed by atoms with Gasteiger partial charge in [-0.1, -0.05) is 12.5 Å². The summed E-state index contributed by atoms with van der Waals surface area (Å²) >= 11 is 0. The second kappa shape index (κ2) is 7.38. The Morgan fingerprint density at radius 1 is 1.07 bits per heavy atom. The SMILES string of the molecule is O=C(Cn1nc2n(c1=O)CCCCC2)Nc1cccc(N2CCCC2=O)c1. The molecule has 142 valence electrons. The first-order valence-corrected chi connectivity index (χ1v) is 9.48. The lowest BCUT2D eigenvalue weighted by Gasteiger charge is -2.16. The van der Waals surface area contributed by atoms with Crippen molar-refractivity contribution in [2.45, 2.75) is 51.6 Å². The van der Waals surface area contributed by atoms with Crippen molar-refractivity contribution in [3.05, 3.63) is 40.6 Å². The molecule has 2 aliphatic heterocycles. The summed E-state index contributed by atoms with van der Waals surface area (Å²) in [5.41, 5.74) is 1.16. The molecule has 8 nitrogen and oxygen atoms in total. The normalized spacial score (nSPS) is 16.9. The first-order valence-electron chi connectivity index (χ1n) is 9.48. The van der Waals surface area contributed by atoms with Crippen LogP contribution in [0.4, 0.5) is 11.4 Å². The van der Waals surface area contributed by atoms with Crippen LogP contribution in [0.15, 0.2) is 29.1 Å². The predicted octanol–water partition coefficient (Wildman–Crippen LogP) is 1.54. The molecule has 1 aromatic carbocycles. The Balaban J connectivity index is 1.46. The van der Waals surface area contributed by atoms with Crippen molar-refractivity contribution >= 4 is 23.2 Å². The lowest BCUT2D eigenvalue weighted by molar-refractivity contribution is -0.117. The Bertz CT molecular complexity index is 930. The molecule has 1 aromatic heterocycles. The van der Waals surface area contributed by atoms with Crippen LogP contribution in [0.25, 0.3) is 0 Å². The molecular weight excluding hydrogens is 346 g/mol. The first kappa shape index (κ1) is 17.5. The molecule has 0 aliphatic carbocycles. The largest absolute Gasteiger partial charge is 0.346 e. The van der Waals surface area contributed by atoms with E-state index in [-0.39, 0.29) is 24.0 Å². The van der Waals surface area contributed by atoms with Crippen molar-refractivity contribution in [2.75, 3.05) is 16.8 Å². The number of carbonyl (C=O) groups excluding carboxylic acids is 2. The van der Waals surface area contributed by atoms with E-state index >= 15 is 0 Å². The van der Waals surface area contributed by atoms with Gasteiger partial charge in [-0.3, -0.25) is 14.2 Å². The molecule has 2 aromatic rings. The highest BCUT2D eigenvalue weighted by atomic mass is 16.2. The van der Waals surface area contributed by atoms with Crippen molar-refractivity contribution in [1.29, 1.82) is 0 Å². The summed E-state index contributed by atoms with van der Waals surface area (Å²) in [6, 6.07) is 7.22. The highest BCUT2D eigenvalue weighted by Crippen LogP contribution is 2.24. The van der Waals surface area contributed by atoms with Crippen LogP contribution in [-0.2, 0) is 29.1 Å². The van der Waals surface area contributed by atoms with Crippen LogP contribution < -0.4 is 15.9 Å². The van der Waals surface area contributed by atoms with Crippen LogP contribution in [0.2, 0.25) is 0 Å². The van der Waals surface area contributed by atoms with E-state index < -0.39 is 0 Å². The lowest BCUT2D eigenvalue weighted by atomic mass is 10.2. The fraction of sp³-hybridized carbons (Fsp3) is 0.474. The second-order valence-electron chi connectivity index (χ2n) is 7.07. The van der Waals surface area contributed by atoms with Crippen LogP contribution in [0.5, 0.6) is 0 Å². The number of nitrogens with one attached hydrogen (secondary N) is 1. The van der Waals surface area contributed by atoms with Gasteiger partial charge in [0, 0.05) is 37.3 Å². The highest BCUT2D eigenvalue weighted by Gasteiger charge is 2.22. The standard InChI is InChI=1S/C19H23N5O3/c25-17(13-24-19(27)23-10-3-1-2-8-16(23)21-24)20-14-6-4-7-15(12-14)22-11-5-9-18(22)26/h4,6-7,12H,1-3,5,8-11,13H2,(H,20,25). The fourth-order valence-corrected chi connectivity index (χ4v) is 3.74. The van der Waals surface area contributed by atoms with Crippen molar-refractivity contribution < 1.29 is 9.59 Å². The molecule has 27 heavy (non-hydrogen) atoms. The zero-order valence-corrected chi connectivity index (χ0v) is 15.2. The number of aromatic nitrogens is 3. The van der Waals surface area contributed by atoms with Gasteiger partial charge in [0.2, 0.25) is 11.8 Å². The van der Waals surface area contributed by atoms with Gasteiger partial charge in [0.1, 0.15) is 12.4 Å². The summed E-state index contributed by atoms with van der Waals surface area (Å²) in [6.45, 7) is 1.25. The van der Waals surface area contributed by atoms with Crippen molar-refractivity contribution in [3.63, 3.8) is 0 Å². The van der Waals surface area contributed by atoms with Crippen molar-refractivity contribution in [2.24, 2.45) is 0 Å². The van der Waals surface area contributed by atoms with E-state index in [2.05, 4.69) is 10.4 Å². The van der Waals surface area contributed by atoms with Crippen LogP contribution in [0, 0.1) is 0 Å². The summed E-state index contributed by atoms with van der Waals surface area (Å²) < 4.78 is 2.92. The first-order chi connectivity index (χ1) is 13.1. The molecule has 2 aliphatic rings. The maximum atomic E-state index is 12.5. The Hall–Kier alpha value is -2.90. The van der Waals surface area contributed by atoms with Crippen LogP contribution in [-0.4, -0.2) is 32.7 Å². The maximum absolute atomic E-state index is 12.5. The summed E-state index contributed by atoms with van der Waals surface area (Å²) in [5, 5.41) is 7.14. The minimum atomic E-state index is -0.310. The van der Waals surface area contributed by atoms with Gasteiger partial charge >= 0.3 is 5.69 Å². The smallest absolute Gasteiger partial charge is 0.324 e. The summed E-state index contributed by atoms with van der Waals surface area (Å²) in [6.07, 6.45) is 5.26. The summed E-state index contributed by atoms with van der Waals surface area (Å²) in [5.74, 6) is 0.555. The number of rotatable bonds is 4. The maximum Gasteiger partial charge on any atom is 0.346 e. The van der Waals surface area contributed by atoms with E-state index in [0.717, 1.165) is 43.6 Å². The molecule has 1 saturated heterocycles. The zero-order valence-electron chi connectivity index (χ0n) is 15.2. The fourth-order valence-electron chi connectivity index (χ4n) is 3.74. The molecular formula is C19H23N5O3. The van der Waals surface area contributed by atoms with E-state index in [1.807, 2.05) is 12.1 Å². The highest BCUT2D eigenvalue weighted by molar-refractivity contribution is 5.97. The van der Waals surface area contributed by atoms with Crippen LogP contribution in [0.3, 0.4) is 0 Å². The number of hydrogen-bond acceptors (Lipinski definition) is 4. The molecule has 1 fully saturated rings. The van der Waals surface area contributed by atoms with E-state index in [4.69, 9.17) is 0 Å². The number of hydrogen-bond donors (Lipinski definition) is 1. The zero-order chi connectivity index (χ0) is 18.8.